The first-order chi connectivity index (χ1) is 4.00. The molecule has 0 saturated carbocycles. The summed E-state index contributed by atoms with van der Waals surface area (Å²) in [4.78, 5) is 0. The third-order valence-corrected chi connectivity index (χ3v) is 0. The Kier molecular flexibility index (Phi) is 15.0. The minimum absolute atomic E-state index is 0. The smallest absolute Gasteiger partial charge is 0.748 e. The number of rotatable bonds is 0. The second kappa shape index (κ2) is 7.89. The average molecular weight is 273 g/mol. The summed E-state index contributed by atoms with van der Waals surface area (Å²) in [6, 6.07) is 0. The quantitative estimate of drug-likeness (QED) is 0.402. The molecule has 0 aromatic carbocycles. The van der Waals surface area contributed by atoms with Crippen LogP contribution in [0.1, 0.15) is 0 Å². The van der Waals surface area contributed by atoms with Crippen molar-refractivity contribution in [1.82, 2.24) is 0 Å². The first kappa shape index (κ1) is 22.8. The van der Waals surface area contributed by atoms with Crippen molar-refractivity contribution in [3.63, 3.8) is 0 Å². The zero-order valence-corrected chi connectivity index (χ0v) is 8.52. The first-order valence-corrected chi connectivity index (χ1v) is 5.45. The fraction of sp³-hybridized carbons (Fsp3) is 1.00. The largest absolute Gasteiger partial charge is 2.00 e. The van der Waals surface area contributed by atoms with Gasteiger partial charge in [0, 0.05) is 17.2 Å². The minimum Gasteiger partial charge on any atom is -0.748 e. The third-order valence-electron chi connectivity index (χ3n) is 0. The van der Waals surface area contributed by atoms with Crippen molar-refractivity contribution in [1.29, 1.82) is 0 Å². The Hall–Kier alpha value is 0.269. The topological polar surface area (TPSA) is 114 Å². The summed E-state index contributed by atoms with van der Waals surface area (Å²) >= 11 is 0. The Morgan fingerprint density at radius 3 is 0.833 bits per heavy atom. The molecule has 0 aliphatic heterocycles. The summed E-state index contributed by atoms with van der Waals surface area (Å²) in [5.74, 6) is 0. The van der Waals surface area contributed by atoms with Crippen molar-refractivity contribution in [2.45, 2.75) is 0 Å². The van der Waals surface area contributed by atoms with Gasteiger partial charge in [0.05, 0.1) is 20.2 Å². The van der Waals surface area contributed by atoms with Gasteiger partial charge in [-0.3, -0.25) is 0 Å². The molecule has 80 valence electrons. The van der Waals surface area contributed by atoms with Gasteiger partial charge < -0.3 is 9.11 Å². The zero-order chi connectivity index (χ0) is 9.00. The van der Waals surface area contributed by atoms with E-state index in [1.165, 1.54) is 0 Å². The van der Waals surface area contributed by atoms with E-state index < -0.39 is 20.2 Å². The Morgan fingerprint density at radius 1 is 0.833 bits per heavy atom. The molecule has 0 atom stereocenters. The molecule has 0 saturated heterocycles. The van der Waals surface area contributed by atoms with E-state index >= 15 is 0 Å². The van der Waals surface area contributed by atoms with Crippen LogP contribution in [0.25, 0.3) is 0 Å². The molecule has 0 aromatic heterocycles. The van der Waals surface area contributed by atoms with Crippen molar-refractivity contribution in [3.8, 4) is 0 Å². The van der Waals surface area contributed by atoms with Crippen LogP contribution in [-0.4, -0.2) is 38.5 Å². The molecule has 0 heterocycles. The van der Waals surface area contributed by atoms with Crippen LogP contribution in [-0.2, 0) is 37.3 Å². The molecule has 6 nitrogen and oxygen atoms in total. The van der Waals surface area contributed by atoms with Gasteiger partial charge in [0.25, 0.3) is 0 Å². The molecule has 10 heteroatoms. The second-order valence-electron chi connectivity index (χ2n) is 1.41. The molecule has 0 aromatic rings. The Balaban J connectivity index is -0.0000000457. The molecule has 12 heavy (non-hydrogen) atoms. The van der Waals surface area contributed by atoms with Crippen LogP contribution in [0.5, 0.6) is 0 Å². The number of halogens is 1. The minimum atomic E-state index is -3.92. The molecule has 0 bridgehead atoms. The van der Waals surface area contributed by atoms with E-state index in [1.54, 1.807) is 0 Å². The fourth-order valence-electron chi connectivity index (χ4n) is 0. The summed E-state index contributed by atoms with van der Waals surface area (Å²) in [6.07, 6.45) is 1.21. The van der Waals surface area contributed by atoms with Gasteiger partial charge in [0.15, 0.2) is 0 Å². The molecule has 0 fully saturated rings. The Morgan fingerprint density at radius 2 is 0.833 bits per heavy atom. The average Bonchev–Trinajstić information content (AvgIpc) is 1.12. The second-order valence-corrected chi connectivity index (χ2v) is 4.22. The monoisotopic (exact) mass is 272 g/mol. The van der Waals surface area contributed by atoms with Crippen LogP contribution >= 0.6 is 0 Å². The van der Waals surface area contributed by atoms with Gasteiger partial charge in [0.2, 0.25) is 0 Å². The molecular formula is C2H6CuFO6S2. The van der Waals surface area contributed by atoms with Gasteiger partial charge in [-0.15, -0.1) is 0 Å². The normalized spacial score (nSPS) is 9.67. The molecule has 2 radical (unpaired) electrons. The molecule has 0 aliphatic carbocycles. The SMILES string of the molecule is CS(=O)(=O)[O-].CS(=O)(=O)[O-].[Cu+2].[F]. The number of hydrogen-bond acceptors (Lipinski definition) is 6. The van der Waals surface area contributed by atoms with Crippen molar-refractivity contribution >= 4 is 20.2 Å². The molecule has 0 rings (SSSR count). The molecular weight excluding hydrogens is 267 g/mol. The summed E-state index contributed by atoms with van der Waals surface area (Å²) in [5.41, 5.74) is 0. The maximum absolute atomic E-state index is 9.08. The van der Waals surface area contributed by atoms with E-state index in [2.05, 4.69) is 0 Å². The van der Waals surface area contributed by atoms with E-state index in [0.717, 1.165) is 0 Å². The Labute approximate surface area is 80.7 Å². The summed E-state index contributed by atoms with van der Waals surface area (Å²) in [5, 5.41) is 0. The maximum atomic E-state index is 9.08. The predicted molar refractivity (Wildman–Crippen MR) is 32.4 cm³/mol. The van der Waals surface area contributed by atoms with Crippen LogP contribution < -0.4 is 0 Å². The van der Waals surface area contributed by atoms with E-state index in [1.807, 2.05) is 0 Å². The van der Waals surface area contributed by atoms with Crippen LogP contribution in [0.3, 0.4) is 0 Å². The van der Waals surface area contributed by atoms with Gasteiger partial charge in [-0.05, 0) is 0 Å². The van der Waals surface area contributed by atoms with E-state index in [9.17, 15) is 0 Å². The zero-order valence-electron chi connectivity index (χ0n) is 5.95. The number of hydrogen-bond donors (Lipinski definition) is 0. The van der Waals surface area contributed by atoms with Crippen LogP contribution in [0, 0.1) is 0 Å². The predicted octanol–water partition coefficient (Wildman–Crippen LogP) is -1.26. The van der Waals surface area contributed by atoms with Gasteiger partial charge in [-0.25, -0.2) is 16.8 Å². The summed E-state index contributed by atoms with van der Waals surface area (Å²) in [6.45, 7) is 0. The summed E-state index contributed by atoms with van der Waals surface area (Å²) in [7, 11) is -7.83. The summed E-state index contributed by atoms with van der Waals surface area (Å²) < 4.78 is 54.5. The van der Waals surface area contributed by atoms with Gasteiger partial charge in [0.1, 0.15) is 0 Å². The van der Waals surface area contributed by atoms with Gasteiger partial charge >= 0.3 is 17.1 Å². The van der Waals surface area contributed by atoms with Crippen molar-refractivity contribution in [2.24, 2.45) is 0 Å². The van der Waals surface area contributed by atoms with Crippen molar-refractivity contribution in [3.05, 3.63) is 0 Å². The molecule has 0 spiro atoms. The van der Waals surface area contributed by atoms with E-state index in [0.29, 0.717) is 12.5 Å². The van der Waals surface area contributed by atoms with Crippen molar-refractivity contribution in [2.75, 3.05) is 12.5 Å². The maximum Gasteiger partial charge on any atom is 2.00 e. The first-order valence-electron chi connectivity index (χ1n) is 1.82. The third kappa shape index (κ3) is 12200. The van der Waals surface area contributed by atoms with E-state index in [-0.39, 0.29) is 21.8 Å². The van der Waals surface area contributed by atoms with E-state index in [4.69, 9.17) is 25.9 Å². The fourth-order valence-corrected chi connectivity index (χ4v) is 0. The van der Waals surface area contributed by atoms with Crippen LogP contribution in [0.15, 0.2) is 0 Å². The Bertz CT molecular complexity index is 220. The molecule has 0 N–H and O–H groups in total. The van der Waals surface area contributed by atoms with Crippen LogP contribution in [0.4, 0.5) is 4.70 Å². The molecule has 0 aliphatic rings. The van der Waals surface area contributed by atoms with Crippen LogP contribution in [0.2, 0.25) is 0 Å². The van der Waals surface area contributed by atoms with Crippen molar-refractivity contribution < 1.29 is 47.7 Å². The van der Waals surface area contributed by atoms with Gasteiger partial charge in [-0.1, -0.05) is 0 Å². The molecule has 0 amide bonds. The van der Waals surface area contributed by atoms with Gasteiger partial charge in [-0.2, -0.15) is 0 Å². The molecule has 0 unspecified atom stereocenters. The standard InChI is InChI=1S/2CH4O3S.Cu.F/c2*1-5(2,3)4;;/h2*1H3,(H,2,3,4);;/q;;+2;/p-2.